The number of imide groups is 1. The Labute approximate surface area is 136 Å². The number of carbonyl (C=O) groups is 2. The lowest BCUT2D eigenvalue weighted by atomic mass is 9.99. The average Bonchev–Trinajstić information content (AvgIpc) is 2.99. The van der Waals surface area contributed by atoms with E-state index in [1.165, 1.54) is 21.8 Å². The molecule has 22 heavy (non-hydrogen) atoms. The quantitative estimate of drug-likeness (QED) is 0.489. The highest BCUT2D eigenvalue weighted by Crippen LogP contribution is 2.33. The molecule has 1 aromatic carbocycles. The molecule has 2 aromatic rings. The number of benzene rings is 1. The molecule has 0 saturated carbocycles. The Balaban J connectivity index is 1.70. The van der Waals surface area contributed by atoms with E-state index in [1.807, 2.05) is 37.3 Å². The van der Waals surface area contributed by atoms with E-state index in [1.54, 1.807) is 11.8 Å². The summed E-state index contributed by atoms with van der Waals surface area (Å²) in [7, 11) is 0. The number of rotatable bonds is 4. The first-order valence-electron chi connectivity index (χ1n) is 7.02. The van der Waals surface area contributed by atoms with E-state index in [9.17, 15) is 9.59 Å². The van der Waals surface area contributed by atoms with Gasteiger partial charge >= 0.3 is 0 Å². The Hall–Kier alpha value is -1.73. The number of hydrogen-bond donors (Lipinski definition) is 0. The first kappa shape index (κ1) is 15.2. The monoisotopic (exact) mass is 333 g/mol. The van der Waals surface area contributed by atoms with Crippen LogP contribution in [0.25, 0.3) is 0 Å². The highest BCUT2D eigenvalue weighted by atomic mass is 32.2. The standard InChI is InChI=1S/C15H15N3O2S2/c1-10-7-8-12(19)18(13(10)20)14-16-17-15(22-14)21-9-11-5-3-2-4-6-11/h2-6,10H,7-9H2,1H3. The van der Waals surface area contributed by atoms with Crippen LogP contribution in [0, 0.1) is 5.92 Å². The lowest BCUT2D eigenvalue weighted by Crippen LogP contribution is -2.44. The van der Waals surface area contributed by atoms with Crippen molar-refractivity contribution in [1.29, 1.82) is 0 Å². The van der Waals surface area contributed by atoms with E-state index in [0.29, 0.717) is 18.0 Å². The van der Waals surface area contributed by atoms with Crippen molar-refractivity contribution in [3.63, 3.8) is 0 Å². The minimum Gasteiger partial charge on any atom is -0.274 e. The summed E-state index contributed by atoms with van der Waals surface area (Å²) in [5.41, 5.74) is 1.20. The third-order valence-electron chi connectivity index (χ3n) is 3.47. The van der Waals surface area contributed by atoms with E-state index >= 15 is 0 Å². The molecule has 3 rings (SSSR count). The minimum absolute atomic E-state index is 0.137. The number of hydrogen-bond acceptors (Lipinski definition) is 6. The number of thioether (sulfide) groups is 1. The number of aromatic nitrogens is 2. The third-order valence-corrected chi connectivity index (χ3v) is 5.59. The van der Waals surface area contributed by atoms with Crippen LogP contribution in [0.15, 0.2) is 34.7 Å². The van der Waals surface area contributed by atoms with Gasteiger partial charge in [0.25, 0.3) is 0 Å². The van der Waals surface area contributed by atoms with Gasteiger partial charge in [0, 0.05) is 18.1 Å². The summed E-state index contributed by atoms with van der Waals surface area (Å²) in [6, 6.07) is 10.1. The molecule has 0 bridgehead atoms. The smallest absolute Gasteiger partial charge is 0.238 e. The van der Waals surface area contributed by atoms with Gasteiger partial charge in [-0.15, -0.1) is 10.2 Å². The highest BCUT2D eigenvalue weighted by Gasteiger charge is 2.34. The Morgan fingerprint density at radius 2 is 2.05 bits per heavy atom. The normalized spacial score (nSPS) is 18.8. The topological polar surface area (TPSA) is 63.2 Å². The summed E-state index contributed by atoms with van der Waals surface area (Å²) < 4.78 is 0.762. The molecular formula is C15H15N3O2S2. The summed E-state index contributed by atoms with van der Waals surface area (Å²) in [6.45, 7) is 1.84. The van der Waals surface area contributed by atoms with Crippen LogP contribution >= 0.6 is 23.1 Å². The molecule has 2 amide bonds. The van der Waals surface area contributed by atoms with E-state index < -0.39 is 0 Å². The van der Waals surface area contributed by atoms with E-state index in [0.717, 1.165) is 10.1 Å². The maximum Gasteiger partial charge on any atom is 0.238 e. The molecule has 0 N–H and O–H groups in total. The fourth-order valence-corrected chi connectivity index (χ4v) is 4.01. The summed E-state index contributed by atoms with van der Waals surface area (Å²) in [6.07, 6.45) is 1.00. The van der Waals surface area contributed by atoms with Crippen molar-refractivity contribution in [1.82, 2.24) is 10.2 Å². The molecule has 1 aromatic heterocycles. The van der Waals surface area contributed by atoms with E-state index in [-0.39, 0.29) is 17.7 Å². The van der Waals surface area contributed by atoms with Gasteiger partial charge in [-0.3, -0.25) is 9.59 Å². The van der Waals surface area contributed by atoms with E-state index in [2.05, 4.69) is 10.2 Å². The molecule has 1 aliphatic heterocycles. The molecule has 1 aliphatic rings. The molecule has 0 aliphatic carbocycles. The maximum atomic E-state index is 12.2. The zero-order valence-corrected chi connectivity index (χ0v) is 13.7. The number of carbonyl (C=O) groups excluding carboxylic acids is 2. The van der Waals surface area contributed by atoms with Gasteiger partial charge in [-0.2, -0.15) is 0 Å². The lowest BCUT2D eigenvalue weighted by Gasteiger charge is -2.26. The van der Waals surface area contributed by atoms with Crippen molar-refractivity contribution in [2.24, 2.45) is 5.92 Å². The van der Waals surface area contributed by atoms with Crippen molar-refractivity contribution in [3.05, 3.63) is 35.9 Å². The molecule has 0 radical (unpaired) electrons. The zero-order chi connectivity index (χ0) is 15.5. The predicted octanol–water partition coefficient (Wildman–Crippen LogP) is 3.12. The van der Waals surface area contributed by atoms with Gasteiger partial charge in [0.2, 0.25) is 16.9 Å². The van der Waals surface area contributed by atoms with E-state index in [4.69, 9.17) is 0 Å². The lowest BCUT2D eigenvalue weighted by molar-refractivity contribution is -0.131. The van der Waals surface area contributed by atoms with Gasteiger partial charge in [-0.1, -0.05) is 60.4 Å². The van der Waals surface area contributed by atoms with Crippen LogP contribution < -0.4 is 4.90 Å². The van der Waals surface area contributed by atoms with Gasteiger partial charge in [-0.25, -0.2) is 4.90 Å². The molecule has 1 saturated heterocycles. The van der Waals surface area contributed by atoms with Crippen LogP contribution in [0.2, 0.25) is 0 Å². The number of piperidine rings is 1. The second kappa shape index (κ2) is 6.58. The van der Waals surface area contributed by atoms with Gasteiger partial charge in [0.05, 0.1) is 0 Å². The van der Waals surface area contributed by atoms with Crippen molar-refractivity contribution in [2.75, 3.05) is 4.90 Å². The predicted molar refractivity (Wildman–Crippen MR) is 86.8 cm³/mol. The Kier molecular flexibility index (Phi) is 4.54. The average molecular weight is 333 g/mol. The third kappa shape index (κ3) is 3.20. The van der Waals surface area contributed by atoms with Crippen molar-refractivity contribution < 1.29 is 9.59 Å². The molecule has 7 heteroatoms. The first-order valence-corrected chi connectivity index (χ1v) is 8.82. The molecular weight excluding hydrogens is 318 g/mol. The van der Waals surface area contributed by atoms with Gasteiger partial charge in [0.1, 0.15) is 0 Å². The zero-order valence-electron chi connectivity index (χ0n) is 12.1. The molecule has 114 valence electrons. The van der Waals surface area contributed by atoms with Gasteiger partial charge in [-0.05, 0) is 12.0 Å². The molecule has 1 fully saturated rings. The second-order valence-corrected chi connectivity index (χ2v) is 7.31. The largest absolute Gasteiger partial charge is 0.274 e. The molecule has 1 unspecified atom stereocenters. The Morgan fingerprint density at radius 1 is 1.27 bits per heavy atom. The highest BCUT2D eigenvalue weighted by molar-refractivity contribution is 8.00. The molecule has 2 heterocycles. The van der Waals surface area contributed by atoms with Crippen LogP contribution in [-0.4, -0.2) is 22.0 Å². The molecule has 5 nitrogen and oxygen atoms in total. The van der Waals surface area contributed by atoms with Gasteiger partial charge < -0.3 is 0 Å². The number of anilines is 1. The van der Waals surface area contributed by atoms with Crippen LogP contribution in [0.1, 0.15) is 25.3 Å². The number of amides is 2. The van der Waals surface area contributed by atoms with Crippen molar-refractivity contribution in [3.8, 4) is 0 Å². The Bertz CT molecular complexity index is 687. The fourth-order valence-electron chi connectivity index (χ4n) is 2.19. The van der Waals surface area contributed by atoms with Crippen LogP contribution in [0.5, 0.6) is 0 Å². The van der Waals surface area contributed by atoms with Crippen LogP contribution in [-0.2, 0) is 15.3 Å². The first-order chi connectivity index (χ1) is 10.6. The van der Waals surface area contributed by atoms with Crippen molar-refractivity contribution in [2.45, 2.75) is 29.9 Å². The summed E-state index contributed by atoms with van der Waals surface area (Å²) in [5.74, 6) is 0.293. The number of nitrogens with zero attached hydrogens (tertiary/aromatic N) is 3. The second-order valence-electron chi connectivity index (χ2n) is 5.13. The van der Waals surface area contributed by atoms with Gasteiger partial charge in [0.15, 0.2) is 4.34 Å². The molecule has 0 spiro atoms. The summed E-state index contributed by atoms with van der Waals surface area (Å²) in [5, 5.41) is 8.49. The maximum absolute atomic E-state index is 12.2. The fraction of sp³-hybridized carbons (Fsp3) is 0.333. The van der Waals surface area contributed by atoms with Crippen molar-refractivity contribution >= 4 is 40.0 Å². The minimum atomic E-state index is -0.182. The van der Waals surface area contributed by atoms with Crippen LogP contribution in [0.3, 0.4) is 0 Å². The Morgan fingerprint density at radius 3 is 2.82 bits per heavy atom. The summed E-state index contributed by atoms with van der Waals surface area (Å²) >= 11 is 2.85. The SMILES string of the molecule is CC1CCC(=O)N(c2nnc(SCc3ccccc3)s2)C1=O. The van der Waals surface area contributed by atoms with Crippen LogP contribution in [0.4, 0.5) is 5.13 Å². The molecule has 1 atom stereocenters. The summed E-state index contributed by atoms with van der Waals surface area (Å²) in [4.78, 5) is 25.3.